The van der Waals surface area contributed by atoms with Crippen molar-refractivity contribution >= 4 is 11.7 Å². The van der Waals surface area contributed by atoms with E-state index < -0.39 is 0 Å². The van der Waals surface area contributed by atoms with E-state index in [1.165, 1.54) is 0 Å². The van der Waals surface area contributed by atoms with E-state index in [2.05, 4.69) is 37.3 Å². The second kappa shape index (κ2) is 8.46. The highest BCUT2D eigenvalue weighted by atomic mass is 16.2. The molecule has 0 aromatic carbocycles. The van der Waals surface area contributed by atoms with Crippen molar-refractivity contribution in [2.75, 3.05) is 51.2 Å². The number of carbonyl (C=O) groups is 1. The minimum Gasteiger partial charge on any atom is -0.356 e. The lowest BCUT2D eigenvalue weighted by Gasteiger charge is -2.36. The summed E-state index contributed by atoms with van der Waals surface area (Å²) < 4.78 is 1.84. The van der Waals surface area contributed by atoms with Gasteiger partial charge in [0.2, 0.25) is 5.91 Å². The van der Waals surface area contributed by atoms with Crippen molar-refractivity contribution in [2.24, 2.45) is 5.92 Å². The third-order valence-electron chi connectivity index (χ3n) is 5.75. The van der Waals surface area contributed by atoms with Crippen molar-refractivity contribution in [2.45, 2.75) is 26.7 Å². The Labute approximate surface area is 171 Å². The minimum absolute atomic E-state index is 0.0319. The first-order valence-electron chi connectivity index (χ1n) is 10.3. The van der Waals surface area contributed by atoms with Crippen LogP contribution in [-0.4, -0.2) is 81.9 Å². The van der Waals surface area contributed by atoms with Crippen LogP contribution in [-0.2, 0) is 4.79 Å². The van der Waals surface area contributed by atoms with Crippen LogP contribution >= 0.6 is 0 Å². The van der Waals surface area contributed by atoms with E-state index in [9.17, 15) is 4.79 Å². The molecule has 4 rings (SSSR count). The van der Waals surface area contributed by atoms with Gasteiger partial charge in [-0.2, -0.15) is 5.10 Å². The maximum Gasteiger partial charge on any atom is 0.239 e. The van der Waals surface area contributed by atoms with Crippen LogP contribution in [0.1, 0.15) is 24.2 Å². The molecule has 1 unspecified atom stereocenters. The fourth-order valence-corrected chi connectivity index (χ4v) is 4.05. The van der Waals surface area contributed by atoms with Crippen LogP contribution in [0.2, 0.25) is 0 Å². The molecule has 2 aliphatic heterocycles. The van der Waals surface area contributed by atoms with Crippen LogP contribution in [0.15, 0.2) is 18.5 Å². The van der Waals surface area contributed by atoms with E-state index in [0.29, 0.717) is 6.54 Å². The Kier molecular flexibility index (Phi) is 5.77. The van der Waals surface area contributed by atoms with Gasteiger partial charge in [-0.05, 0) is 39.8 Å². The summed E-state index contributed by atoms with van der Waals surface area (Å²) in [4.78, 5) is 26.1. The number of aromatic nitrogens is 4. The molecule has 0 radical (unpaired) electrons. The van der Waals surface area contributed by atoms with Crippen molar-refractivity contribution < 1.29 is 4.79 Å². The molecule has 1 N–H and O–H groups in total. The molecule has 0 saturated carbocycles. The summed E-state index contributed by atoms with van der Waals surface area (Å²) in [5.41, 5.74) is 5.12. The highest BCUT2D eigenvalue weighted by molar-refractivity contribution is 5.79. The number of amides is 1. The Morgan fingerprint density at radius 1 is 1.07 bits per heavy atom. The van der Waals surface area contributed by atoms with E-state index in [1.54, 1.807) is 6.33 Å². The van der Waals surface area contributed by atoms with Gasteiger partial charge in [0.25, 0.3) is 0 Å². The lowest BCUT2D eigenvalue weighted by molar-refractivity contribution is -0.131. The number of rotatable bonds is 4. The third-order valence-corrected chi connectivity index (χ3v) is 5.75. The van der Waals surface area contributed by atoms with Crippen LogP contribution in [0.25, 0.3) is 5.82 Å². The maximum absolute atomic E-state index is 12.8. The summed E-state index contributed by atoms with van der Waals surface area (Å²) in [7, 11) is 2.11. The topological polar surface area (TPSA) is 82.4 Å². The molecule has 29 heavy (non-hydrogen) atoms. The molecule has 9 nitrogen and oxygen atoms in total. The molecule has 0 bridgehead atoms. The minimum atomic E-state index is -0.0319. The van der Waals surface area contributed by atoms with E-state index in [-0.39, 0.29) is 11.8 Å². The molecule has 2 aliphatic rings. The quantitative estimate of drug-likeness (QED) is 0.815. The number of piperidine rings is 1. The molecule has 0 aliphatic carbocycles. The highest BCUT2D eigenvalue weighted by Gasteiger charge is 2.28. The smallest absolute Gasteiger partial charge is 0.239 e. The standard InChI is InChI=1S/C20H30N8O/c1-15-11-16(2)28(23-15)19-12-18(21-14-22-19)26-6-4-5-17(13-26)20(29)24-27-9-7-25(3)8-10-27/h11-12,14,17H,4-10,13H2,1-3H3,(H,24,29). The zero-order valence-electron chi connectivity index (χ0n) is 17.5. The molecule has 156 valence electrons. The molecule has 2 saturated heterocycles. The summed E-state index contributed by atoms with van der Waals surface area (Å²) in [6, 6.07) is 3.99. The number of nitrogens with zero attached hydrogens (tertiary/aromatic N) is 7. The molecule has 9 heteroatoms. The summed E-state index contributed by atoms with van der Waals surface area (Å²) in [5, 5.41) is 6.56. The highest BCUT2D eigenvalue weighted by Crippen LogP contribution is 2.23. The maximum atomic E-state index is 12.8. The summed E-state index contributed by atoms with van der Waals surface area (Å²) in [6.45, 7) is 9.26. The van der Waals surface area contributed by atoms with Crippen LogP contribution in [0.3, 0.4) is 0 Å². The van der Waals surface area contributed by atoms with E-state index in [4.69, 9.17) is 0 Å². The van der Waals surface area contributed by atoms with Crippen LogP contribution < -0.4 is 10.3 Å². The van der Waals surface area contributed by atoms with Gasteiger partial charge in [-0.25, -0.2) is 19.7 Å². The van der Waals surface area contributed by atoms with Gasteiger partial charge in [0.15, 0.2) is 5.82 Å². The first-order chi connectivity index (χ1) is 14.0. The summed E-state index contributed by atoms with van der Waals surface area (Å²) in [6.07, 6.45) is 3.46. The molecule has 1 amide bonds. The van der Waals surface area contributed by atoms with Crippen molar-refractivity contribution in [1.29, 1.82) is 0 Å². The molecule has 1 atom stereocenters. The second-order valence-electron chi connectivity index (χ2n) is 8.12. The number of aryl methyl sites for hydroxylation is 2. The Morgan fingerprint density at radius 3 is 2.55 bits per heavy atom. The molecule has 4 heterocycles. The zero-order chi connectivity index (χ0) is 20.4. The SMILES string of the molecule is Cc1cc(C)n(-c2cc(N3CCCC(C(=O)NN4CCN(C)CC4)C3)ncn2)n1. The molecular formula is C20H30N8O. The van der Waals surface area contributed by atoms with E-state index >= 15 is 0 Å². The number of carbonyl (C=O) groups excluding carboxylic acids is 1. The molecule has 2 aromatic heterocycles. The molecule has 2 aromatic rings. The Hall–Kier alpha value is -2.52. The monoisotopic (exact) mass is 398 g/mol. The van der Waals surface area contributed by atoms with Crippen molar-refractivity contribution in [3.63, 3.8) is 0 Å². The molecule has 0 spiro atoms. The van der Waals surface area contributed by atoms with Gasteiger partial charge in [0.05, 0.1) is 11.6 Å². The first-order valence-corrected chi connectivity index (χ1v) is 10.3. The van der Waals surface area contributed by atoms with Crippen molar-refractivity contribution in [1.82, 2.24) is 35.1 Å². The van der Waals surface area contributed by atoms with Gasteiger partial charge in [-0.15, -0.1) is 0 Å². The van der Waals surface area contributed by atoms with Crippen LogP contribution in [0.5, 0.6) is 0 Å². The Morgan fingerprint density at radius 2 is 1.83 bits per heavy atom. The summed E-state index contributed by atoms with van der Waals surface area (Å²) >= 11 is 0. The Balaban J connectivity index is 1.42. The number of likely N-dealkylation sites (N-methyl/N-ethyl adjacent to an activating group) is 1. The van der Waals surface area contributed by atoms with E-state index in [1.807, 2.05) is 35.7 Å². The van der Waals surface area contributed by atoms with E-state index in [0.717, 1.165) is 68.6 Å². The van der Waals surface area contributed by atoms with Crippen molar-refractivity contribution in [3.05, 3.63) is 29.8 Å². The average molecular weight is 399 g/mol. The van der Waals surface area contributed by atoms with Crippen molar-refractivity contribution in [3.8, 4) is 5.82 Å². The van der Waals surface area contributed by atoms with Gasteiger partial charge in [0.1, 0.15) is 12.1 Å². The van der Waals surface area contributed by atoms with Gasteiger partial charge >= 0.3 is 0 Å². The third kappa shape index (κ3) is 4.56. The summed E-state index contributed by atoms with van der Waals surface area (Å²) in [5.74, 6) is 1.69. The van der Waals surface area contributed by atoms with Crippen LogP contribution in [0, 0.1) is 19.8 Å². The second-order valence-corrected chi connectivity index (χ2v) is 8.12. The number of nitrogens with one attached hydrogen (secondary N) is 1. The lowest BCUT2D eigenvalue weighted by atomic mass is 9.97. The number of piperazine rings is 1. The fourth-order valence-electron chi connectivity index (χ4n) is 4.05. The number of hydrogen-bond donors (Lipinski definition) is 1. The average Bonchev–Trinajstić information content (AvgIpc) is 3.08. The predicted octanol–water partition coefficient (Wildman–Crippen LogP) is 0.774. The van der Waals surface area contributed by atoms with Gasteiger partial charge in [-0.3, -0.25) is 10.2 Å². The van der Waals surface area contributed by atoms with Gasteiger partial charge in [0, 0.05) is 51.0 Å². The predicted molar refractivity (Wildman–Crippen MR) is 111 cm³/mol. The Bertz CT molecular complexity index is 858. The normalized spacial score (nSPS) is 21.3. The fraction of sp³-hybridized carbons (Fsp3) is 0.600. The van der Waals surface area contributed by atoms with Crippen LogP contribution in [0.4, 0.5) is 5.82 Å². The largest absolute Gasteiger partial charge is 0.356 e. The molecular weight excluding hydrogens is 368 g/mol. The van der Waals surface area contributed by atoms with Gasteiger partial charge in [-0.1, -0.05) is 0 Å². The number of hydrogen-bond acceptors (Lipinski definition) is 7. The number of hydrazine groups is 1. The zero-order valence-corrected chi connectivity index (χ0v) is 17.5. The first kappa shape index (κ1) is 19.8. The van der Waals surface area contributed by atoms with Gasteiger partial charge < -0.3 is 9.80 Å². The lowest BCUT2D eigenvalue weighted by Crippen LogP contribution is -2.55. The number of anilines is 1. The molecule has 2 fully saturated rings.